The molecule has 0 aliphatic carbocycles. The average molecular weight is 450 g/mol. The van der Waals surface area contributed by atoms with Crippen LogP contribution in [0.5, 0.6) is 11.5 Å². The van der Waals surface area contributed by atoms with Gasteiger partial charge in [-0.3, -0.25) is 14.5 Å². The Morgan fingerprint density at radius 1 is 1.09 bits per heavy atom. The molecule has 0 radical (unpaired) electrons. The summed E-state index contributed by atoms with van der Waals surface area (Å²) < 4.78 is 10.6. The van der Waals surface area contributed by atoms with Crippen LogP contribution in [0.25, 0.3) is 0 Å². The van der Waals surface area contributed by atoms with Crippen LogP contribution in [-0.2, 0) is 9.59 Å². The Morgan fingerprint density at radius 3 is 2.52 bits per heavy atom. The van der Waals surface area contributed by atoms with E-state index in [4.69, 9.17) is 9.47 Å². The molecule has 4 amide bonds. The van der Waals surface area contributed by atoms with Crippen molar-refractivity contribution in [2.24, 2.45) is 0 Å². The highest BCUT2D eigenvalue weighted by Gasteiger charge is 2.43. The van der Waals surface area contributed by atoms with Crippen LogP contribution in [0.1, 0.15) is 18.0 Å². The number of benzene rings is 2. The number of ether oxygens (including phenoxy) is 2. The molecule has 172 valence electrons. The summed E-state index contributed by atoms with van der Waals surface area (Å²) in [5, 5.41) is 5.72. The first-order valence-electron chi connectivity index (χ1n) is 10.6. The minimum absolute atomic E-state index is 0.128. The van der Waals surface area contributed by atoms with Crippen molar-refractivity contribution in [3.05, 3.63) is 65.4 Å². The van der Waals surface area contributed by atoms with E-state index in [0.717, 1.165) is 0 Å². The number of hydrogen-bond donors (Lipinski definition) is 2. The maximum absolute atomic E-state index is 13.3. The molecule has 0 aromatic heterocycles. The molecule has 2 aliphatic heterocycles. The van der Waals surface area contributed by atoms with Crippen molar-refractivity contribution in [3.8, 4) is 11.5 Å². The van der Waals surface area contributed by atoms with E-state index < -0.39 is 6.04 Å². The van der Waals surface area contributed by atoms with Gasteiger partial charge in [-0.1, -0.05) is 18.2 Å². The lowest BCUT2D eigenvalue weighted by Gasteiger charge is -2.31. The number of carbonyl (C=O) groups is 3. The summed E-state index contributed by atoms with van der Waals surface area (Å²) >= 11 is 0. The number of para-hydroxylation sites is 1. The molecule has 9 nitrogen and oxygen atoms in total. The molecule has 2 N–H and O–H groups in total. The zero-order valence-corrected chi connectivity index (χ0v) is 18.8. The molecule has 0 saturated heterocycles. The summed E-state index contributed by atoms with van der Waals surface area (Å²) in [7, 11) is 4.76. The van der Waals surface area contributed by atoms with E-state index in [2.05, 4.69) is 10.6 Å². The predicted molar refractivity (Wildman–Crippen MR) is 122 cm³/mol. The summed E-state index contributed by atoms with van der Waals surface area (Å²) in [5.41, 5.74) is 2.49. The molecule has 0 fully saturated rings. The fraction of sp³-hybridized carbons (Fsp3) is 0.292. The Balaban J connectivity index is 1.47. The molecule has 33 heavy (non-hydrogen) atoms. The van der Waals surface area contributed by atoms with Crippen LogP contribution in [0.4, 0.5) is 10.5 Å². The van der Waals surface area contributed by atoms with Crippen molar-refractivity contribution in [1.29, 1.82) is 0 Å². The maximum atomic E-state index is 13.3. The molecule has 2 aromatic carbocycles. The number of methoxy groups -OCH3 is 2. The first kappa shape index (κ1) is 22.2. The van der Waals surface area contributed by atoms with Crippen molar-refractivity contribution in [1.82, 2.24) is 15.1 Å². The Labute approximate surface area is 191 Å². The van der Waals surface area contributed by atoms with Crippen LogP contribution in [0.3, 0.4) is 0 Å². The number of nitrogens with one attached hydrogen (secondary N) is 2. The van der Waals surface area contributed by atoms with E-state index in [9.17, 15) is 14.4 Å². The highest BCUT2D eigenvalue weighted by Crippen LogP contribution is 2.38. The third-order valence-corrected chi connectivity index (χ3v) is 5.87. The first-order chi connectivity index (χ1) is 15.9. The van der Waals surface area contributed by atoms with E-state index in [1.165, 1.54) is 4.90 Å². The Kier molecular flexibility index (Phi) is 6.21. The lowest BCUT2D eigenvalue weighted by atomic mass is 9.95. The summed E-state index contributed by atoms with van der Waals surface area (Å²) in [5.74, 6) is 0.875. The predicted octanol–water partition coefficient (Wildman–Crippen LogP) is 2.53. The van der Waals surface area contributed by atoms with Gasteiger partial charge in [-0.05, 0) is 30.3 Å². The molecule has 0 spiro atoms. The van der Waals surface area contributed by atoms with E-state index in [1.54, 1.807) is 56.5 Å². The number of amides is 4. The summed E-state index contributed by atoms with van der Waals surface area (Å²) in [4.78, 5) is 41.4. The van der Waals surface area contributed by atoms with Gasteiger partial charge in [0.15, 0.2) is 0 Å². The van der Waals surface area contributed by atoms with E-state index in [0.29, 0.717) is 34.0 Å². The van der Waals surface area contributed by atoms with Crippen LogP contribution in [0.15, 0.2) is 59.8 Å². The van der Waals surface area contributed by atoms with Crippen LogP contribution in [0.2, 0.25) is 0 Å². The fourth-order valence-corrected chi connectivity index (χ4v) is 4.08. The highest BCUT2D eigenvalue weighted by atomic mass is 16.5. The van der Waals surface area contributed by atoms with Crippen molar-refractivity contribution >= 4 is 23.5 Å². The van der Waals surface area contributed by atoms with Gasteiger partial charge < -0.3 is 25.0 Å². The molecule has 4 rings (SSSR count). The number of hydrogen-bond acceptors (Lipinski definition) is 5. The zero-order chi connectivity index (χ0) is 23.5. The molecular formula is C24H26N4O5. The molecule has 2 aromatic rings. The summed E-state index contributed by atoms with van der Waals surface area (Å²) in [6.45, 7) is 0.494. The third-order valence-electron chi connectivity index (χ3n) is 5.87. The van der Waals surface area contributed by atoms with Crippen molar-refractivity contribution in [3.63, 3.8) is 0 Å². The number of rotatable bonds is 7. The van der Waals surface area contributed by atoms with Gasteiger partial charge in [-0.2, -0.15) is 0 Å². The zero-order valence-electron chi connectivity index (χ0n) is 18.8. The lowest BCUT2D eigenvalue weighted by Crippen LogP contribution is -2.45. The molecule has 0 saturated carbocycles. The van der Waals surface area contributed by atoms with Crippen LogP contribution < -0.4 is 20.1 Å². The first-order valence-corrected chi connectivity index (χ1v) is 10.6. The quantitative estimate of drug-likeness (QED) is 0.675. The standard InChI is InChI=1S/C24H26N4O5/c1-27-18-14-28(13-12-20(29)25-15-8-10-16(32-2)11-9-15)23(30)21(18)22(26-24(27)31)17-6-4-5-7-19(17)33-3/h4-11,22H,12-14H2,1-3H3,(H,25,29)(H,26,31). The van der Waals surface area contributed by atoms with E-state index in [-0.39, 0.29) is 37.4 Å². The van der Waals surface area contributed by atoms with Gasteiger partial charge >= 0.3 is 6.03 Å². The average Bonchev–Trinajstić information content (AvgIpc) is 3.17. The van der Waals surface area contributed by atoms with Gasteiger partial charge in [-0.25, -0.2) is 4.79 Å². The van der Waals surface area contributed by atoms with Crippen LogP contribution in [0, 0.1) is 0 Å². The summed E-state index contributed by atoms with van der Waals surface area (Å²) in [6.07, 6.45) is 0.128. The monoisotopic (exact) mass is 450 g/mol. The minimum Gasteiger partial charge on any atom is -0.497 e. The van der Waals surface area contributed by atoms with Gasteiger partial charge in [0.2, 0.25) is 5.91 Å². The van der Waals surface area contributed by atoms with E-state index >= 15 is 0 Å². The normalized spacial score (nSPS) is 17.6. The molecule has 1 unspecified atom stereocenters. The van der Waals surface area contributed by atoms with E-state index in [1.807, 2.05) is 18.2 Å². The molecule has 2 heterocycles. The van der Waals surface area contributed by atoms with Crippen molar-refractivity contribution < 1.29 is 23.9 Å². The smallest absolute Gasteiger partial charge is 0.322 e. The second-order valence-electron chi connectivity index (χ2n) is 7.80. The molecule has 1 atom stereocenters. The number of anilines is 1. The Bertz CT molecular complexity index is 1110. The SMILES string of the molecule is COc1ccc(NC(=O)CCN2CC3=C(C2=O)C(c2ccccc2OC)NC(=O)N3C)cc1. The number of carbonyl (C=O) groups excluding carboxylic acids is 3. The minimum atomic E-state index is -0.620. The Hall–Kier alpha value is -4.01. The summed E-state index contributed by atoms with van der Waals surface area (Å²) in [6, 6.07) is 13.4. The van der Waals surface area contributed by atoms with Gasteiger partial charge in [0.05, 0.1) is 38.1 Å². The number of likely N-dealkylation sites (N-methyl/N-ethyl adjacent to an activating group) is 1. The number of urea groups is 1. The topological polar surface area (TPSA) is 100 Å². The molecule has 2 aliphatic rings. The second kappa shape index (κ2) is 9.23. The van der Waals surface area contributed by atoms with Gasteiger partial charge in [0.25, 0.3) is 5.91 Å². The second-order valence-corrected chi connectivity index (χ2v) is 7.80. The van der Waals surface area contributed by atoms with Crippen LogP contribution >= 0.6 is 0 Å². The largest absolute Gasteiger partial charge is 0.497 e. The lowest BCUT2D eigenvalue weighted by molar-refractivity contribution is -0.126. The van der Waals surface area contributed by atoms with Gasteiger partial charge in [0, 0.05) is 31.3 Å². The molecular weight excluding hydrogens is 424 g/mol. The molecule has 9 heteroatoms. The van der Waals surface area contributed by atoms with Gasteiger partial charge in [0.1, 0.15) is 11.5 Å². The fourth-order valence-electron chi connectivity index (χ4n) is 4.08. The maximum Gasteiger partial charge on any atom is 0.322 e. The van der Waals surface area contributed by atoms with Gasteiger partial charge in [-0.15, -0.1) is 0 Å². The van der Waals surface area contributed by atoms with Crippen molar-refractivity contribution in [2.45, 2.75) is 12.5 Å². The van der Waals surface area contributed by atoms with Crippen molar-refractivity contribution in [2.75, 3.05) is 39.7 Å². The Morgan fingerprint density at radius 2 is 1.82 bits per heavy atom. The third kappa shape index (κ3) is 4.34. The van der Waals surface area contributed by atoms with Crippen LogP contribution in [-0.4, -0.2) is 62.0 Å². The molecule has 0 bridgehead atoms. The highest BCUT2D eigenvalue weighted by molar-refractivity contribution is 6.02. The number of nitrogens with zero attached hydrogens (tertiary/aromatic N) is 2.